The minimum absolute atomic E-state index is 1.11. The summed E-state index contributed by atoms with van der Waals surface area (Å²) in [6.45, 7) is 11.5. The van der Waals surface area contributed by atoms with Crippen LogP contribution in [0.1, 0.15) is 65.7 Å². The van der Waals surface area contributed by atoms with Gasteiger partial charge in [0.05, 0.1) is 0 Å². The van der Waals surface area contributed by atoms with E-state index in [2.05, 4.69) is 43.3 Å². The van der Waals surface area contributed by atoms with E-state index in [1.807, 2.05) is 11.8 Å². The highest BCUT2D eigenvalue weighted by Crippen LogP contribution is 2.26. The van der Waals surface area contributed by atoms with Gasteiger partial charge in [-0.1, -0.05) is 26.3 Å². The van der Waals surface area contributed by atoms with Gasteiger partial charge >= 0.3 is 0 Å². The molecule has 0 aromatic carbocycles. The first-order valence-electron chi connectivity index (χ1n) is 9.61. The summed E-state index contributed by atoms with van der Waals surface area (Å²) in [5, 5.41) is 3.75. The van der Waals surface area contributed by atoms with Crippen LogP contribution < -0.4 is 5.32 Å². The van der Waals surface area contributed by atoms with E-state index in [9.17, 15) is 0 Å². The number of rotatable bonds is 12. The van der Waals surface area contributed by atoms with Gasteiger partial charge in [-0.05, 0) is 88.2 Å². The van der Waals surface area contributed by atoms with Gasteiger partial charge in [0.15, 0.2) is 0 Å². The van der Waals surface area contributed by atoms with Crippen LogP contribution in [-0.2, 0) is 0 Å². The molecule has 1 rings (SSSR count). The van der Waals surface area contributed by atoms with Crippen molar-refractivity contribution < 1.29 is 0 Å². The molecule has 0 atom stereocenters. The maximum absolute atomic E-state index is 3.75. The Morgan fingerprint density at radius 3 is 2.57 bits per heavy atom. The Morgan fingerprint density at radius 2 is 1.91 bits per heavy atom. The highest BCUT2D eigenvalue weighted by molar-refractivity contribution is 7.98. The lowest BCUT2D eigenvalue weighted by Gasteiger charge is -2.19. The Hall–Kier alpha value is -0.410. The van der Waals surface area contributed by atoms with Crippen LogP contribution in [0.25, 0.3) is 0 Å². The third-order valence-corrected chi connectivity index (χ3v) is 5.54. The molecule has 3 heteroatoms. The van der Waals surface area contributed by atoms with Gasteiger partial charge < -0.3 is 10.2 Å². The van der Waals surface area contributed by atoms with Crippen molar-refractivity contribution in [2.45, 2.75) is 65.7 Å². The molecule has 0 unspecified atom stereocenters. The number of thioether (sulfide) groups is 1. The molecule has 0 aromatic rings. The van der Waals surface area contributed by atoms with E-state index in [1.165, 1.54) is 76.0 Å². The molecule has 23 heavy (non-hydrogen) atoms. The summed E-state index contributed by atoms with van der Waals surface area (Å²) in [7, 11) is 0. The predicted octanol–water partition coefficient (Wildman–Crippen LogP) is 5.23. The van der Waals surface area contributed by atoms with Gasteiger partial charge in [-0.25, -0.2) is 0 Å². The molecule has 2 nitrogen and oxygen atoms in total. The van der Waals surface area contributed by atoms with Crippen LogP contribution >= 0.6 is 11.8 Å². The second-order valence-corrected chi connectivity index (χ2v) is 7.42. The molecule has 0 radical (unpaired) electrons. The van der Waals surface area contributed by atoms with Crippen molar-refractivity contribution >= 4 is 11.8 Å². The Labute approximate surface area is 149 Å². The highest BCUT2D eigenvalue weighted by atomic mass is 32.2. The lowest BCUT2D eigenvalue weighted by Crippen LogP contribution is -2.24. The van der Waals surface area contributed by atoms with E-state index in [4.69, 9.17) is 0 Å². The SMILES string of the molecule is CCC1=CC(NCCCSC)=C(CCCN(CC)CC)CCC1. The van der Waals surface area contributed by atoms with Gasteiger partial charge in [-0.15, -0.1) is 0 Å². The van der Waals surface area contributed by atoms with Crippen LogP contribution in [0, 0.1) is 0 Å². The quantitative estimate of drug-likeness (QED) is 0.491. The number of nitrogens with one attached hydrogen (secondary N) is 1. The molecule has 0 heterocycles. The fourth-order valence-corrected chi connectivity index (χ4v) is 3.68. The summed E-state index contributed by atoms with van der Waals surface area (Å²) in [6.07, 6.45) is 13.6. The van der Waals surface area contributed by atoms with Crippen molar-refractivity contribution in [3.8, 4) is 0 Å². The normalized spacial score (nSPS) is 15.8. The maximum atomic E-state index is 3.75. The van der Waals surface area contributed by atoms with Crippen molar-refractivity contribution in [1.82, 2.24) is 10.2 Å². The average Bonchev–Trinajstić information content (AvgIpc) is 2.77. The van der Waals surface area contributed by atoms with Crippen molar-refractivity contribution in [2.24, 2.45) is 0 Å². The summed E-state index contributed by atoms with van der Waals surface area (Å²) in [6, 6.07) is 0. The number of hydrogen-bond acceptors (Lipinski definition) is 3. The van der Waals surface area contributed by atoms with Gasteiger partial charge in [0, 0.05) is 12.2 Å². The minimum atomic E-state index is 1.11. The number of nitrogens with zero attached hydrogens (tertiary/aromatic N) is 1. The van der Waals surface area contributed by atoms with Crippen molar-refractivity contribution in [2.75, 3.05) is 38.2 Å². The lowest BCUT2D eigenvalue weighted by atomic mass is 10.0. The molecule has 1 aliphatic carbocycles. The van der Waals surface area contributed by atoms with Crippen molar-refractivity contribution in [3.63, 3.8) is 0 Å². The summed E-state index contributed by atoms with van der Waals surface area (Å²) < 4.78 is 0. The smallest absolute Gasteiger partial charge is 0.0331 e. The summed E-state index contributed by atoms with van der Waals surface area (Å²) >= 11 is 1.94. The Morgan fingerprint density at radius 1 is 1.13 bits per heavy atom. The topological polar surface area (TPSA) is 15.3 Å². The average molecular weight is 339 g/mol. The van der Waals surface area contributed by atoms with Crippen LogP contribution in [0.4, 0.5) is 0 Å². The molecule has 1 N–H and O–H groups in total. The molecule has 0 bridgehead atoms. The van der Waals surface area contributed by atoms with Crippen LogP contribution in [0.5, 0.6) is 0 Å². The van der Waals surface area contributed by atoms with Gasteiger partial charge in [-0.3, -0.25) is 0 Å². The second-order valence-electron chi connectivity index (χ2n) is 6.43. The molecule has 1 aliphatic rings. The summed E-state index contributed by atoms with van der Waals surface area (Å²) in [5.41, 5.74) is 4.75. The zero-order chi connectivity index (χ0) is 16.9. The fraction of sp³-hybridized carbons (Fsp3) is 0.800. The summed E-state index contributed by atoms with van der Waals surface area (Å²) in [4.78, 5) is 2.54. The molecular formula is C20H38N2S. The first-order valence-corrected chi connectivity index (χ1v) is 11.0. The standard InChI is InChI=1S/C20H38N2S/c1-5-18-11-8-12-19(13-9-15-22(6-2)7-3)20(17-18)21-14-10-16-23-4/h17,21H,5-16H2,1-4H3. The van der Waals surface area contributed by atoms with Crippen molar-refractivity contribution in [3.05, 3.63) is 22.9 Å². The van der Waals surface area contributed by atoms with Crippen LogP contribution in [0.15, 0.2) is 22.9 Å². The molecule has 0 fully saturated rings. The van der Waals surface area contributed by atoms with E-state index in [-0.39, 0.29) is 0 Å². The minimum Gasteiger partial charge on any atom is -0.385 e. The third-order valence-electron chi connectivity index (χ3n) is 4.85. The monoisotopic (exact) mass is 338 g/mol. The number of hydrogen-bond donors (Lipinski definition) is 1. The highest BCUT2D eigenvalue weighted by Gasteiger charge is 2.11. The maximum Gasteiger partial charge on any atom is 0.0331 e. The van der Waals surface area contributed by atoms with E-state index >= 15 is 0 Å². The van der Waals surface area contributed by atoms with Gasteiger partial charge in [0.2, 0.25) is 0 Å². The molecule has 0 aliphatic heterocycles. The first-order chi connectivity index (χ1) is 11.2. The van der Waals surface area contributed by atoms with E-state index in [1.54, 1.807) is 11.1 Å². The lowest BCUT2D eigenvalue weighted by molar-refractivity contribution is 0.299. The largest absolute Gasteiger partial charge is 0.385 e. The molecular weight excluding hydrogens is 300 g/mol. The molecule has 0 saturated heterocycles. The van der Waals surface area contributed by atoms with Gasteiger partial charge in [0.1, 0.15) is 0 Å². The first kappa shape index (κ1) is 20.6. The summed E-state index contributed by atoms with van der Waals surface area (Å²) in [5.74, 6) is 1.25. The van der Waals surface area contributed by atoms with Gasteiger partial charge in [-0.2, -0.15) is 11.8 Å². The molecule has 0 saturated carbocycles. The van der Waals surface area contributed by atoms with E-state index in [0.29, 0.717) is 0 Å². The Kier molecular flexibility index (Phi) is 11.6. The second kappa shape index (κ2) is 12.9. The van der Waals surface area contributed by atoms with Crippen molar-refractivity contribution in [1.29, 1.82) is 0 Å². The number of allylic oxidation sites excluding steroid dienone is 3. The predicted molar refractivity (Wildman–Crippen MR) is 107 cm³/mol. The Bertz CT molecular complexity index is 370. The third kappa shape index (κ3) is 8.30. The molecule has 134 valence electrons. The van der Waals surface area contributed by atoms with E-state index < -0.39 is 0 Å². The molecule has 0 spiro atoms. The van der Waals surface area contributed by atoms with Crippen LogP contribution in [0.2, 0.25) is 0 Å². The molecule has 0 aromatic heterocycles. The zero-order valence-electron chi connectivity index (χ0n) is 15.9. The molecule has 0 amide bonds. The van der Waals surface area contributed by atoms with E-state index in [0.717, 1.165) is 6.54 Å². The van der Waals surface area contributed by atoms with Crippen LogP contribution in [-0.4, -0.2) is 43.1 Å². The fourth-order valence-electron chi connectivity index (χ4n) is 3.25. The van der Waals surface area contributed by atoms with Gasteiger partial charge in [0.25, 0.3) is 0 Å². The zero-order valence-corrected chi connectivity index (χ0v) is 16.7. The van der Waals surface area contributed by atoms with Crippen LogP contribution in [0.3, 0.4) is 0 Å². The Balaban J connectivity index is 2.64.